The van der Waals surface area contributed by atoms with E-state index in [1.165, 1.54) is 65.0 Å². The molecule has 454 valence electrons. The third-order valence-corrected chi connectivity index (χ3v) is 20.7. The number of urea groups is 1. The lowest BCUT2D eigenvalue weighted by molar-refractivity contribution is -0.129. The quantitative estimate of drug-likeness (QED) is 0.106. The molecule has 6 aromatic rings. The van der Waals surface area contributed by atoms with Crippen LogP contribution in [0.1, 0.15) is 119 Å². The fourth-order valence-electron chi connectivity index (χ4n) is 13.4. The summed E-state index contributed by atoms with van der Waals surface area (Å²) in [5.74, 6) is -0.751. The Kier molecular flexibility index (Phi) is 17.5. The van der Waals surface area contributed by atoms with E-state index in [0.717, 1.165) is 116 Å². The first-order valence-corrected chi connectivity index (χ1v) is 32.9. The van der Waals surface area contributed by atoms with Gasteiger partial charge in [0.15, 0.2) is 0 Å². The molecule has 4 N–H and O–H groups in total. The average molecular weight is 1210 g/mol. The Balaban J connectivity index is 0.000000179. The molecule has 4 fully saturated rings. The number of nitrogens with one attached hydrogen (secondary N) is 4. The first-order valence-electron chi connectivity index (χ1n) is 30.0. The summed E-state index contributed by atoms with van der Waals surface area (Å²) in [6.07, 6.45) is 15.4. The van der Waals surface area contributed by atoms with Crippen LogP contribution in [0.25, 0.3) is 56.5 Å². The number of hydrogen-bond acceptors (Lipinski definition) is 10. The first-order chi connectivity index (χ1) is 41.3. The second kappa shape index (κ2) is 25.0. The molecule has 2 aliphatic carbocycles. The van der Waals surface area contributed by atoms with Crippen molar-refractivity contribution in [2.75, 3.05) is 87.6 Å². The Labute approximate surface area is 503 Å². The second-order valence-electron chi connectivity index (χ2n) is 23.7. The van der Waals surface area contributed by atoms with E-state index in [1.54, 1.807) is 41.1 Å². The van der Waals surface area contributed by atoms with E-state index in [9.17, 15) is 40.8 Å². The summed E-state index contributed by atoms with van der Waals surface area (Å²) in [6, 6.07) is 27.0. The molecule has 2 aromatic heterocycles. The van der Waals surface area contributed by atoms with Crippen molar-refractivity contribution >= 4 is 84.0 Å². The molecule has 0 bridgehead atoms. The molecule has 2 saturated heterocycles. The minimum atomic E-state index is -3.98. The number of carbonyl (C=O) groups excluding carboxylic acids is 5. The number of rotatable bonds is 10. The number of nitrogens with zero attached hydrogens (tertiary/aromatic N) is 7. The zero-order valence-electron chi connectivity index (χ0n) is 49.7. The second-order valence-corrected chi connectivity index (χ2v) is 27.4. The van der Waals surface area contributed by atoms with Gasteiger partial charge in [0.2, 0.25) is 0 Å². The summed E-state index contributed by atoms with van der Waals surface area (Å²) in [6.45, 7) is 5.30. The predicted molar refractivity (Wildman–Crippen MR) is 335 cm³/mol. The molecule has 6 amide bonds. The Hall–Kier alpha value is -7.63. The first kappa shape index (κ1) is 60.1. The van der Waals surface area contributed by atoms with Gasteiger partial charge >= 0.3 is 26.4 Å². The standard InChI is InChI=1S/C33H40N6O5S.C31H37N5O4S/c1-34-33(42)38-17-15-37(16-18-38)32(41)25-19-23-11-7-8-12-26(23)30-29(22-9-5-4-6-10-22)27-14-13-24(20-28(27)39(30)21-25)31(40)35-45(43,44)36(2)3;1-34(2)41(39,40)33-30(37)23-12-13-26-27(19-23)36-20-24(31(38)35-16-14-32-15-17-35)18-22-10-6-7-11-25(22)29(36)28(26)21-8-4-3-5-9-21/h7-8,11-14,19-20,22H,4-6,9-10,15-18,21H2,1-3H3,(H,34,42)(H,35,40);6-7,10-13,18-19,21,32H,3-5,8-9,14-17,20H2,1-2H3,(H,33,37). The Morgan fingerprint density at radius 1 is 0.512 bits per heavy atom. The summed E-state index contributed by atoms with van der Waals surface area (Å²) in [7, 11) is -0.837. The van der Waals surface area contributed by atoms with Crippen molar-refractivity contribution in [2.45, 2.75) is 89.1 Å². The van der Waals surface area contributed by atoms with Gasteiger partial charge in [0.05, 0.1) is 24.5 Å². The van der Waals surface area contributed by atoms with E-state index in [0.29, 0.717) is 75.3 Å². The van der Waals surface area contributed by atoms with Gasteiger partial charge in [-0.25, -0.2) is 14.2 Å². The zero-order valence-corrected chi connectivity index (χ0v) is 51.3. The summed E-state index contributed by atoms with van der Waals surface area (Å²) in [4.78, 5) is 71.8. The number of amides is 6. The van der Waals surface area contributed by atoms with E-state index in [1.807, 2.05) is 59.5 Å². The van der Waals surface area contributed by atoms with Gasteiger partial charge in [-0.1, -0.05) is 99.2 Å². The van der Waals surface area contributed by atoms with Gasteiger partial charge in [0.1, 0.15) is 0 Å². The summed E-state index contributed by atoms with van der Waals surface area (Å²) in [5.41, 5.74) is 12.2. The van der Waals surface area contributed by atoms with Gasteiger partial charge in [0, 0.05) is 143 Å². The molecule has 6 aliphatic rings. The summed E-state index contributed by atoms with van der Waals surface area (Å²) < 4.78 is 60.3. The molecule has 4 aromatic carbocycles. The van der Waals surface area contributed by atoms with E-state index in [4.69, 9.17) is 0 Å². The number of piperazine rings is 2. The van der Waals surface area contributed by atoms with Crippen molar-refractivity contribution in [1.82, 2.24) is 52.5 Å². The molecule has 86 heavy (non-hydrogen) atoms. The van der Waals surface area contributed by atoms with Gasteiger partial charge in [-0.15, -0.1) is 0 Å². The molecule has 0 spiro atoms. The third kappa shape index (κ3) is 12.0. The van der Waals surface area contributed by atoms with Crippen LogP contribution in [0.15, 0.2) is 96.1 Å². The number of fused-ring (bicyclic) bond motifs is 10. The monoisotopic (exact) mass is 1210 g/mol. The van der Waals surface area contributed by atoms with Crippen molar-refractivity contribution in [3.63, 3.8) is 0 Å². The van der Waals surface area contributed by atoms with Crippen LogP contribution in [0.5, 0.6) is 0 Å². The maximum Gasteiger partial charge on any atom is 0.317 e. The van der Waals surface area contributed by atoms with Crippen molar-refractivity contribution in [2.24, 2.45) is 0 Å². The highest BCUT2D eigenvalue weighted by atomic mass is 32.2. The highest BCUT2D eigenvalue weighted by Crippen LogP contribution is 2.49. The smallest absolute Gasteiger partial charge is 0.317 e. The van der Waals surface area contributed by atoms with Crippen LogP contribution in [-0.2, 0) is 43.1 Å². The van der Waals surface area contributed by atoms with Crippen LogP contribution >= 0.6 is 0 Å². The molecular weight excluding hydrogens is 1130 g/mol. The highest BCUT2D eigenvalue weighted by Gasteiger charge is 2.35. The fourth-order valence-corrected chi connectivity index (χ4v) is 14.4. The molecule has 2 saturated carbocycles. The largest absolute Gasteiger partial charge is 0.341 e. The van der Waals surface area contributed by atoms with Gasteiger partial charge in [-0.05, 0) is 96.2 Å². The van der Waals surface area contributed by atoms with Crippen LogP contribution in [0.2, 0.25) is 0 Å². The normalized spacial score (nSPS) is 17.7. The molecular formula is C64H77N11O9S2. The van der Waals surface area contributed by atoms with Crippen molar-refractivity contribution in [3.8, 4) is 22.5 Å². The maximum atomic E-state index is 14.1. The Morgan fingerprint density at radius 3 is 1.31 bits per heavy atom. The Morgan fingerprint density at radius 2 is 0.907 bits per heavy atom. The Bertz CT molecular complexity index is 3950. The summed E-state index contributed by atoms with van der Waals surface area (Å²) >= 11 is 0. The van der Waals surface area contributed by atoms with Crippen LogP contribution in [0.4, 0.5) is 4.79 Å². The number of hydrogen-bond donors (Lipinski definition) is 4. The number of carbonyl (C=O) groups is 5. The lowest BCUT2D eigenvalue weighted by Gasteiger charge is -2.35. The zero-order chi connectivity index (χ0) is 60.6. The van der Waals surface area contributed by atoms with E-state index in [-0.39, 0.29) is 29.0 Å². The van der Waals surface area contributed by atoms with Crippen molar-refractivity contribution in [3.05, 3.63) is 129 Å². The van der Waals surface area contributed by atoms with Crippen LogP contribution in [0.3, 0.4) is 0 Å². The van der Waals surface area contributed by atoms with Crippen molar-refractivity contribution in [1.29, 1.82) is 0 Å². The van der Waals surface area contributed by atoms with Gasteiger partial charge < -0.3 is 34.5 Å². The van der Waals surface area contributed by atoms with Crippen molar-refractivity contribution < 1.29 is 40.8 Å². The van der Waals surface area contributed by atoms with Crippen LogP contribution in [0, 0.1) is 0 Å². The van der Waals surface area contributed by atoms with E-state index in [2.05, 4.69) is 47.4 Å². The van der Waals surface area contributed by atoms with Crippen LogP contribution < -0.4 is 20.1 Å². The third-order valence-electron chi connectivity index (χ3n) is 17.9. The van der Waals surface area contributed by atoms with Gasteiger partial charge in [-0.2, -0.15) is 25.4 Å². The molecule has 20 nitrogen and oxygen atoms in total. The minimum Gasteiger partial charge on any atom is -0.341 e. The SMILES string of the molecule is CN(C)S(=O)(=O)NC(=O)c1ccc2c(C3CCCCC3)c3n(c2c1)CC(C(=O)N1CCNCC1)=Cc1ccccc1-3.CNC(=O)N1CCN(C(=O)C2=Cc3ccccc3-c3c(C4CCCCC4)c4ccc(C(=O)NS(=O)(=O)N(C)C)cc4n3C2)CC1. The molecule has 0 radical (unpaired) electrons. The highest BCUT2D eigenvalue weighted by molar-refractivity contribution is 7.88. The number of benzene rings is 4. The molecule has 6 heterocycles. The lowest BCUT2D eigenvalue weighted by Crippen LogP contribution is -2.53. The van der Waals surface area contributed by atoms with Gasteiger partial charge in [0.25, 0.3) is 23.6 Å². The number of aromatic nitrogens is 2. The maximum absolute atomic E-state index is 14.1. The molecule has 4 aliphatic heterocycles. The molecule has 0 atom stereocenters. The molecule has 12 rings (SSSR count). The van der Waals surface area contributed by atoms with E-state index >= 15 is 0 Å². The molecule has 22 heteroatoms. The van der Waals surface area contributed by atoms with Gasteiger partial charge in [-0.3, -0.25) is 19.2 Å². The van der Waals surface area contributed by atoms with E-state index < -0.39 is 32.2 Å². The predicted octanol–water partition coefficient (Wildman–Crippen LogP) is 7.49. The fraction of sp³-hybridized carbons (Fsp3) is 0.422. The average Bonchev–Trinajstić information content (AvgIpc) is 1.96. The summed E-state index contributed by atoms with van der Waals surface area (Å²) in [5, 5.41) is 8.05. The topological polar surface area (TPSA) is 228 Å². The van der Waals surface area contributed by atoms with Crippen LogP contribution in [-0.4, -0.2) is 167 Å². The minimum absolute atomic E-state index is 0.0289. The lowest BCUT2D eigenvalue weighted by atomic mass is 9.81. The molecule has 0 unspecified atom stereocenters.